The summed E-state index contributed by atoms with van der Waals surface area (Å²) in [4.78, 5) is 41.0. The van der Waals surface area contributed by atoms with Gasteiger partial charge in [-0.25, -0.2) is 0 Å². The Morgan fingerprint density at radius 3 is 2.41 bits per heavy atom. The van der Waals surface area contributed by atoms with Crippen LogP contribution in [0, 0.1) is 18.8 Å². The van der Waals surface area contributed by atoms with Gasteiger partial charge in [0.15, 0.2) is 0 Å². The van der Waals surface area contributed by atoms with Crippen molar-refractivity contribution in [2.45, 2.75) is 27.2 Å². The Labute approximate surface area is 175 Å². The number of amides is 3. The molecule has 154 valence electrons. The minimum atomic E-state index is -0.368. The molecule has 2 unspecified atom stereocenters. The van der Waals surface area contributed by atoms with Crippen LogP contribution in [0.1, 0.15) is 45.2 Å². The molecular formula is C22H27N3O3S. The Morgan fingerprint density at radius 2 is 1.76 bits per heavy atom. The van der Waals surface area contributed by atoms with Crippen LogP contribution in [0.3, 0.4) is 0 Å². The van der Waals surface area contributed by atoms with Gasteiger partial charge in [-0.1, -0.05) is 26.0 Å². The molecule has 3 amide bonds. The fourth-order valence-corrected chi connectivity index (χ4v) is 4.56. The van der Waals surface area contributed by atoms with Gasteiger partial charge in [0.1, 0.15) is 0 Å². The molecular weight excluding hydrogens is 386 g/mol. The van der Waals surface area contributed by atoms with Gasteiger partial charge in [0, 0.05) is 18.0 Å². The summed E-state index contributed by atoms with van der Waals surface area (Å²) in [5, 5.41) is 5.39. The van der Waals surface area contributed by atoms with E-state index in [1.165, 1.54) is 11.3 Å². The van der Waals surface area contributed by atoms with Crippen LogP contribution in [-0.2, 0) is 4.79 Å². The van der Waals surface area contributed by atoms with Gasteiger partial charge in [0.2, 0.25) is 5.91 Å². The largest absolute Gasteiger partial charge is 0.342 e. The Balaban J connectivity index is 1.63. The Kier molecular flexibility index (Phi) is 6.69. The molecule has 2 aromatic rings. The molecule has 0 bridgehead atoms. The number of rotatable bonds is 5. The van der Waals surface area contributed by atoms with Crippen molar-refractivity contribution in [2.75, 3.05) is 25.0 Å². The number of nitrogens with zero attached hydrogens (tertiary/aromatic N) is 1. The second-order valence-corrected chi connectivity index (χ2v) is 9.13. The number of likely N-dealkylation sites (tertiary alicyclic amines) is 1. The molecule has 1 fully saturated rings. The lowest BCUT2D eigenvalue weighted by molar-refractivity contribution is -0.115. The van der Waals surface area contributed by atoms with Crippen LogP contribution < -0.4 is 10.6 Å². The fourth-order valence-electron chi connectivity index (χ4n) is 3.78. The first kappa shape index (κ1) is 21.0. The van der Waals surface area contributed by atoms with Gasteiger partial charge in [-0.15, -0.1) is 11.3 Å². The third kappa shape index (κ3) is 5.44. The molecule has 6 nitrogen and oxygen atoms in total. The maximum Gasteiger partial charge on any atom is 0.261 e. The third-order valence-corrected chi connectivity index (χ3v) is 5.96. The van der Waals surface area contributed by atoms with Crippen molar-refractivity contribution in [3.63, 3.8) is 0 Å². The molecule has 2 atom stereocenters. The molecule has 1 aliphatic heterocycles. The summed E-state index contributed by atoms with van der Waals surface area (Å²) in [5.41, 5.74) is 0.942. The molecule has 1 aliphatic rings. The van der Waals surface area contributed by atoms with Crippen molar-refractivity contribution in [1.82, 2.24) is 10.2 Å². The van der Waals surface area contributed by atoms with Crippen molar-refractivity contribution in [2.24, 2.45) is 11.8 Å². The van der Waals surface area contributed by atoms with Crippen LogP contribution >= 0.6 is 11.3 Å². The van der Waals surface area contributed by atoms with E-state index in [-0.39, 0.29) is 24.3 Å². The van der Waals surface area contributed by atoms with Gasteiger partial charge in [0.05, 0.1) is 22.7 Å². The van der Waals surface area contributed by atoms with E-state index < -0.39 is 0 Å². The van der Waals surface area contributed by atoms with E-state index >= 15 is 0 Å². The average molecular weight is 414 g/mol. The van der Waals surface area contributed by atoms with Gasteiger partial charge in [-0.2, -0.15) is 0 Å². The van der Waals surface area contributed by atoms with Crippen LogP contribution in [0.5, 0.6) is 0 Å². The summed E-state index contributed by atoms with van der Waals surface area (Å²) >= 11 is 1.38. The van der Waals surface area contributed by atoms with Gasteiger partial charge in [-0.05, 0) is 49.4 Å². The second-order valence-electron chi connectivity index (χ2n) is 7.84. The molecule has 0 aliphatic carbocycles. The van der Waals surface area contributed by atoms with E-state index in [1.807, 2.05) is 17.9 Å². The molecule has 1 aromatic carbocycles. The standard InChI is InChI=1S/C22H27N3O3S/c1-14-10-15(2)13-25(12-14)22(28)17-6-4-5-7-18(17)24-20(26)11-23-21(27)19-9-8-16(3)29-19/h4-9,14-15H,10-13H2,1-3H3,(H,23,27)(H,24,26). The molecule has 29 heavy (non-hydrogen) atoms. The van der Waals surface area contributed by atoms with Crippen molar-refractivity contribution in [3.05, 3.63) is 51.7 Å². The number of carbonyl (C=O) groups excluding carboxylic acids is 3. The normalized spacial score (nSPS) is 18.9. The number of para-hydroxylation sites is 1. The number of hydrogen-bond acceptors (Lipinski definition) is 4. The first-order valence-corrected chi connectivity index (χ1v) is 10.7. The molecule has 0 saturated carbocycles. The van der Waals surface area contributed by atoms with E-state index in [0.29, 0.717) is 28.0 Å². The van der Waals surface area contributed by atoms with Gasteiger partial charge < -0.3 is 15.5 Å². The monoisotopic (exact) mass is 413 g/mol. The van der Waals surface area contributed by atoms with Crippen molar-refractivity contribution < 1.29 is 14.4 Å². The first-order valence-electron chi connectivity index (χ1n) is 9.86. The zero-order valence-corrected chi connectivity index (χ0v) is 17.8. The molecule has 7 heteroatoms. The molecule has 1 saturated heterocycles. The summed E-state index contributed by atoms with van der Waals surface area (Å²) in [6.45, 7) is 7.52. The Morgan fingerprint density at radius 1 is 1.07 bits per heavy atom. The van der Waals surface area contributed by atoms with Crippen LogP contribution in [-0.4, -0.2) is 42.3 Å². The van der Waals surface area contributed by atoms with Crippen LogP contribution in [0.4, 0.5) is 5.69 Å². The number of piperidine rings is 1. The molecule has 0 radical (unpaired) electrons. The van der Waals surface area contributed by atoms with Crippen molar-refractivity contribution >= 4 is 34.7 Å². The van der Waals surface area contributed by atoms with Crippen molar-refractivity contribution in [1.29, 1.82) is 0 Å². The minimum Gasteiger partial charge on any atom is -0.342 e. The highest BCUT2D eigenvalue weighted by Gasteiger charge is 2.27. The lowest BCUT2D eigenvalue weighted by Gasteiger charge is -2.35. The summed E-state index contributed by atoms with van der Waals surface area (Å²) in [7, 11) is 0. The molecule has 2 N–H and O–H groups in total. The number of anilines is 1. The summed E-state index contributed by atoms with van der Waals surface area (Å²) in [5.74, 6) is 0.199. The first-order chi connectivity index (χ1) is 13.8. The van der Waals surface area contributed by atoms with Crippen LogP contribution in [0.2, 0.25) is 0 Å². The van der Waals surface area contributed by atoms with Gasteiger partial charge in [-0.3, -0.25) is 14.4 Å². The highest BCUT2D eigenvalue weighted by atomic mass is 32.1. The molecule has 1 aromatic heterocycles. The Bertz CT molecular complexity index is 898. The lowest BCUT2D eigenvalue weighted by atomic mass is 9.91. The van der Waals surface area contributed by atoms with Crippen LogP contribution in [0.25, 0.3) is 0 Å². The predicted octanol–water partition coefficient (Wildman–Crippen LogP) is 3.54. The van der Waals surface area contributed by atoms with E-state index in [9.17, 15) is 14.4 Å². The third-order valence-electron chi connectivity index (χ3n) is 4.96. The topological polar surface area (TPSA) is 78.5 Å². The molecule has 2 heterocycles. The zero-order chi connectivity index (χ0) is 21.0. The number of carbonyl (C=O) groups is 3. The molecule has 3 rings (SSSR count). The van der Waals surface area contributed by atoms with Crippen LogP contribution in [0.15, 0.2) is 36.4 Å². The smallest absolute Gasteiger partial charge is 0.261 e. The Hall–Kier alpha value is -2.67. The number of aryl methyl sites for hydroxylation is 1. The number of nitrogens with one attached hydrogen (secondary N) is 2. The predicted molar refractivity (Wildman–Crippen MR) is 115 cm³/mol. The highest BCUT2D eigenvalue weighted by molar-refractivity contribution is 7.13. The van der Waals surface area contributed by atoms with E-state index in [1.54, 1.807) is 30.3 Å². The fraction of sp³-hybridized carbons (Fsp3) is 0.409. The average Bonchev–Trinajstić information content (AvgIpc) is 3.12. The molecule has 0 spiro atoms. The second kappa shape index (κ2) is 9.22. The summed E-state index contributed by atoms with van der Waals surface area (Å²) in [6.07, 6.45) is 1.12. The lowest BCUT2D eigenvalue weighted by Crippen LogP contribution is -2.43. The van der Waals surface area contributed by atoms with Gasteiger partial charge >= 0.3 is 0 Å². The zero-order valence-electron chi connectivity index (χ0n) is 17.0. The van der Waals surface area contributed by atoms with Gasteiger partial charge in [0.25, 0.3) is 11.8 Å². The van der Waals surface area contributed by atoms with Crippen molar-refractivity contribution in [3.8, 4) is 0 Å². The summed E-state index contributed by atoms with van der Waals surface area (Å²) < 4.78 is 0. The highest BCUT2D eigenvalue weighted by Crippen LogP contribution is 2.25. The summed E-state index contributed by atoms with van der Waals surface area (Å²) in [6, 6.07) is 10.6. The van der Waals surface area contributed by atoms with E-state index in [0.717, 1.165) is 24.4 Å². The quantitative estimate of drug-likeness (QED) is 0.787. The maximum absolute atomic E-state index is 13.1. The minimum absolute atomic E-state index is 0.0719. The van der Waals surface area contributed by atoms with E-state index in [4.69, 9.17) is 0 Å². The SMILES string of the molecule is Cc1ccc(C(=O)NCC(=O)Nc2ccccc2C(=O)N2CC(C)CC(C)C2)s1. The maximum atomic E-state index is 13.1. The number of benzene rings is 1. The number of hydrogen-bond donors (Lipinski definition) is 2. The van der Waals surface area contributed by atoms with E-state index in [2.05, 4.69) is 24.5 Å². The number of thiophene rings is 1.